The molecule has 0 spiro atoms. The van der Waals surface area contributed by atoms with Crippen LogP contribution in [-0.2, 0) is 10.0 Å². The van der Waals surface area contributed by atoms with Crippen molar-refractivity contribution in [3.8, 4) is 34.7 Å². The minimum Gasteiger partial charge on any atom is -0.494 e. The lowest BCUT2D eigenvalue weighted by atomic mass is 10.1. The average Bonchev–Trinajstić information content (AvgIpc) is 3.34. The first-order valence-corrected chi connectivity index (χ1v) is 12.8. The van der Waals surface area contributed by atoms with Crippen LogP contribution in [0.5, 0.6) is 17.5 Å². The van der Waals surface area contributed by atoms with E-state index in [1.54, 1.807) is 31.2 Å². The summed E-state index contributed by atoms with van der Waals surface area (Å²) in [6, 6.07) is 6.59. The van der Waals surface area contributed by atoms with Crippen molar-refractivity contribution in [1.82, 2.24) is 34.7 Å². The Morgan fingerprint density at radius 1 is 0.974 bits per heavy atom. The average molecular weight is 545 g/mol. The maximum Gasteiger partial charge on any atom is 0.243 e. The number of hydrogen-bond donors (Lipinski definition) is 1. The molecule has 38 heavy (non-hydrogen) atoms. The van der Waals surface area contributed by atoms with Gasteiger partial charge in [0.2, 0.25) is 27.7 Å². The van der Waals surface area contributed by atoms with E-state index < -0.39 is 27.0 Å². The molecule has 0 saturated heterocycles. The van der Waals surface area contributed by atoms with Crippen LogP contribution in [-0.4, -0.2) is 69.7 Å². The molecule has 0 aromatic carbocycles. The Kier molecular flexibility index (Phi) is 7.66. The molecule has 4 aromatic heterocycles. The van der Waals surface area contributed by atoms with Crippen LogP contribution >= 0.6 is 0 Å². The molecule has 0 bridgehead atoms. The van der Waals surface area contributed by atoms with Crippen LogP contribution < -0.4 is 18.9 Å². The Morgan fingerprint density at radius 3 is 2.37 bits per heavy atom. The number of nitrogens with one attached hydrogen (secondary N) is 1. The predicted octanol–water partition coefficient (Wildman–Crippen LogP) is 2.61. The van der Waals surface area contributed by atoms with E-state index in [4.69, 9.17) is 14.2 Å². The zero-order valence-corrected chi connectivity index (χ0v) is 22.0. The molecule has 0 amide bonds. The van der Waals surface area contributed by atoms with E-state index >= 15 is 0 Å². The molecule has 2 atom stereocenters. The van der Waals surface area contributed by atoms with Crippen LogP contribution in [0.25, 0.3) is 17.2 Å². The number of pyridine rings is 2. The van der Waals surface area contributed by atoms with Crippen molar-refractivity contribution in [3.05, 3.63) is 54.5 Å². The quantitative estimate of drug-likeness (QED) is 0.313. The second-order valence-electron chi connectivity index (χ2n) is 8.02. The molecule has 200 valence electrons. The third-order valence-electron chi connectivity index (χ3n) is 5.79. The summed E-state index contributed by atoms with van der Waals surface area (Å²) in [7, 11) is 0.212. The minimum absolute atomic E-state index is 0.120. The fourth-order valence-corrected chi connectivity index (χ4v) is 4.81. The fourth-order valence-electron chi connectivity index (χ4n) is 3.58. The van der Waals surface area contributed by atoms with Crippen molar-refractivity contribution in [2.24, 2.45) is 0 Å². The van der Waals surface area contributed by atoms with Gasteiger partial charge in [-0.15, -0.1) is 10.2 Å². The van der Waals surface area contributed by atoms with E-state index in [9.17, 15) is 12.8 Å². The molecular formula is C23H25FN8O5S. The van der Waals surface area contributed by atoms with Gasteiger partial charge in [-0.2, -0.15) is 0 Å². The summed E-state index contributed by atoms with van der Waals surface area (Å²) in [5, 5.41) is 7.27. The number of halogens is 1. The highest BCUT2D eigenvalue weighted by Crippen LogP contribution is 2.36. The molecule has 13 nitrogen and oxygen atoms in total. The predicted molar refractivity (Wildman–Crippen MR) is 134 cm³/mol. The SMILES string of the molecule is COc1cccc(-c2nnc(NS(=O)(=O)[C@@H](C)[C@@H](C)c3ncc(F)cn3)n2-c2c(OC)ccnc2OC)n1. The monoisotopic (exact) mass is 544 g/mol. The normalized spacial score (nSPS) is 13.0. The van der Waals surface area contributed by atoms with E-state index in [1.165, 1.54) is 39.0 Å². The first-order chi connectivity index (χ1) is 18.2. The number of aromatic nitrogens is 7. The fraction of sp³-hybridized carbons (Fsp3) is 0.304. The summed E-state index contributed by atoms with van der Waals surface area (Å²) in [5.74, 6) is -0.417. The summed E-state index contributed by atoms with van der Waals surface area (Å²) < 4.78 is 60.3. The molecular weight excluding hydrogens is 519 g/mol. The Hall–Kier alpha value is -4.40. The maximum atomic E-state index is 13.5. The topological polar surface area (TPSA) is 156 Å². The van der Waals surface area contributed by atoms with Gasteiger partial charge in [-0.3, -0.25) is 9.29 Å². The Bertz CT molecular complexity index is 1510. The van der Waals surface area contributed by atoms with E-state index in [2.05, 4.69) is 34.9 Å². The van der Waals surface area contributed by atoms with Crippen molar-refractivity contribution in [3.63, 3.8) is 0 Å². The van der Waals surface area contributed by atoms with Crippen LogP contribution in [0.1, 0.15) is 25.6 Å². The molecule has 0 unspecified atom stereocenters. The Morgan fingerprint density at radius 2 is 1.71 bits per heavy atom. The van der Waals surface area contributed by atoms with Gasteiger partial charge in [0, 0.05) is 24.2 Å². The van der Waals surface area contributed by atoms with Gasteiger partial charge < -0.3 is 14.2 Å². The smallest absolute Gasteiger partial charge is 0.243 e. The largest absolute Gasteiger partial charge is 0.494 e. The highest BCUT2D eigenvalue weighted by Gasteiger charge is 2.33. The molecule has 0 aliphatic carbocycles. The van der Waals surface area contributed by atoms with E-state index in [-0.39, 0.29) is 29.2 Å². The molecule has 1 N–H and O–H groups in total. The summed E-state index contributed by atoms with van der Waals surface area (Å²) >= 11 is 0. The van der Waals surface area contributed by atoms with Crippen molar-refractivity contribution >= 4 is 16.0 Å². The second-order valence-corrected chi connectivity index (χ2v) is 10.1. The van der Waals surface area contributed by atoms with Crippen LogP contribution in [0, 0.1) is 5.82 Å². The Balaban J connectivity index is 1.84. The highest BCUT2D eigenvalue weighted by molar-refractivity contribution is 7.93. The van der Waals surface area contributed by atoms with E-state index in [0.717, 1.165) is 12.4 Å². The molecule has 15 heteroatoms. The summed E-state index contributed by atoms with van der Waals surface area (Å²) in [5.41, 5.74) is 0.568. The molecule has 0 aliphatic rings. The summed E-state index contributed by atoms with van der Waals surface area (Å²) in [6.45, 7) is 3.11. The standard InChI is InChI=1S/C23H25FN8O5S/c1-13(20-26-11-15(24)12-27-20)14(2)38(33,34)31-23-30-29-21(16-7-6-8-18(28-16)36-4)32(23)19-17(35-3)9-10-25-22(19)37-5/h6-14H,1-5H3,(H,30,31)/t13-,14+/m1/s1. The van der Waals surface area contributed by atoms with Gasteiger partial charge in [0.15, 0.2) is 17.3 Å². The van der Waals surface area contributed by atoms with Gasteiger partial charge in [-0.05, 0) is 13.0 Å². The molecule has 0 radical (unpaired) electrons. The van der Waals surface area contributed by atoms with Gasteiger partial charge in [0.1, 0.15) is 17.3 Å². The molecule has 4 heterocycles. The molecule has 0 saturated carbocycles. The van der Waals surface area contributed by atoms with Gasteiger partial charge in [-0.1, -0.05) is 13.0 Å². The molecule has 0 aliphatic heterocycles. The van der Waals surface area contributed by atoms with E-state index in [0.29, 0.717) is 17.3 Å². The molecule has 0 fully saturated rings. The number of anilines is 1. The number of sulfonamides is 1. The van der Waals surface area contributed by atoms with Crippen LogP contribution in [0.4, 0.5) is 10.3 Å². The number of methoxy groups -OCH3 is 3. The van der Waals surface area contributed by atoms with Gasteiger partial charge in [-0.25, -0.2) is 32.7 Å². The number of rotatable bonds is 10. The summed E-state index contributed by atoms with van der Waals surface area (Å²) in [4.78, 5) is 16.5. The van der Waals surface area contributed by atoms with Crippen LogP contribution in [0.3, 0.4) is 0 Å². The van der Waals surface area contributed by atoms with Crippen LogP contribution in [0.2, 0.25) is 0 Å². The van der Waals surface area contributed by atoms with Crippen molar-refractivity contribution in [2.75, 3.05) is 26.1 Å². The van der Waals surface area contributed by atoms with Gasteiger partial charge in [0.05, 0.1) is 39.0 Å². The first kappa shape index (κ1) is 26.7. The zero-order valence-electron chi connectivity index (χ0n) is 21.2. The van der Waals surface area contributed by atoms with Gasteiger partial charge in [0.25, 0.3) is 0 Å². The lowest BCUT2D eigenvalue weighted by Crippen LogP contribution is -2.31. The third-order valence-corrected chi connectivity index (χ3v) is 7.64. The van der Waals surface area contributed by atoms with Gasteiger partial charge >= 0.3 is 0 Å². The van der Waals surface area contributed by atoms with Crippen LogP contribution in [0.15, 0.2) is 42.9 Å². The van der Waals surface area contributed by atoms with Crippen molar-refractivity contribution in [2.45, 2.75) is 25.0 Å². The number of nitrogens with zero attached hydrogens (tertiary/aromatic N) is 7. The lowest BCUT2D eigenvalue weighted by Gasteiger charge is -2.21. The second kappa shape index (κ2) is 10.9. The third kappa shape index (κ3) is 5.18. The Labute approximate surface area is 218 Å². The minimum atomic E-state index is -4.12. The van der Waals surface area contributed by atoms with Crippen molar-refractivity contribution < 1.29 is 27.0 Å². The maximum absolute atomic E-state index is 13.5. The zero-order chi connectivity index (χ0) is 27.4. The number of ether oxygens (including phenoxy) is 3. The first-order valence-electron chi connectivity index (χ1n) is 11.2. The molecule has 4 aromatic rings. The highest BCUT2D eigenvalue weighted by atomic mass is 32.2. The molecule has 4 rings (SSSR count). The lowest BCUT2D eigenvalue weighted by molar-refractivity contribution is 0.379. The number of hydrogen-bond acceptors (Lipinski definition) is 11. The van der Waals surface area contributed by atoms with E-state index in [1.807, 2.05) is 0 Å². The summed E-state index contributed by atoms with van der Waals surface area (Å²) in [6.07, 6.45) is 3.44. The van der Waals surface area contributed by atoms with Crippen molar-refractivity contribution in [1.29, 1.82) is 0 Å².